The third kappa shape index (κ3) is 4.45. The molecule has 0 atom stereocenters. The molecule has 0 aromatic heterocycles. The van der Waals surface area contributed by atoms with Crippen LogP contribution >= 0.6 is 0 Å². The van der Waals surface area contributed by atoms with Crippen LogP contribution in [-0.4, -0.2) is 29.8 Å². The zero-order valence-electron chi connectivity index (χ0n) is 12.8. The predicted octanol–water partition coefficient (Wildman–Crippen LogP) is 4.16. The molecule has 0 N–H and O–H groups in total. The van der Waals surface area contributed by atoms with Crippen LogP contribution < -0.4 is 0 Å². The fraction of sp³-hybridized carbons (Fsp3) is 0.611. The highest BCUT2D eigenvalue weighted by Crippen LogP contribution is 2.24. The topological polar surface area (TPSA) is 20.3 Å². The molecular weight excluding hydrogens is 246 g/mol. The highest BCUT2D eigenvalue weighted by atomic mass is 16.1. The number of ketones is 1. The van der Waals surface area contributed by atoms with Crippen LogP contribution in [0.3, 0.4) is 0 Å². The minimum atomic E-state index is 0.265. The third-order valence-corrected chi connectivity index (χ3v) is 4.28. The highest BCUT2D eigenvalue weighted by Gasteiger charge is 2.24. The number of nitrogens with zero attached hydrogens (tertiary/aromatic N) is 1. The van der Waals surface area contributed by atoms with E-state index in [0.717, 1.165) is 12.1 Å². The van der Waals surface area contributed by atoms with Gasteiger partial charge in [-0.05, 0) is 31.7 Å². The highest BCUT2D eigenvalue weighted by molar-refractivity contribution is 5.97. The van der Waals surface area contributed by atoms with Crippen LogP contribution in [-0.2, 0) is 0 Å². The Labute approximate surface area is 123 Å². The summed E-state index contributed by atoms with van der Waals surface area (Å²) in [6.07, 6.45) is 6.35. The molecule has 1 aromatic carbocycles. The van der Waals surface area contributed by atoms with Gasteiger partial charge in [0.2, 0.25) is 0 Å². The largest absolute Gasteiger partial charge is 0.293 e. The zero-order chi connectivity index (χ0) is 14.4. The van der Waals surface area contributed by atoms with Gasteiger partial charge in [-0.15, -0.1) is 0 Å². The lowest BCUT2D eigenvalue weighted by Gasteiger charge is -2.28. The standard InChI is InChI=1S/C18H27NO/c1-15(2)12-13-19(17-10-6-7-11-17)14-18(20)16-8-4-3-5-9-16/h3-5,8-9,15,17H,6-7,10-14H2,1-2H3. The van der Waals surface area contributed by atoms with Crippen LogP contribution in [0, 0.1) is 5.92 Å². The number of Topliss-reactive ketones (excluding diaryl/α,β-unsaturated/α-hetero) is 1. The number of hydrogen-bond acceptors (Lipinski definition) is 2. The zero-order valence-corrected chi connectivity index (χ0v) is 12.8. The summed E-state index contributed by atoms with van der Waals surface area (Å²) in [7, 11) is 0. The second-order valence-corrected chi connectivity index (χ2v) is 6.38. The lowest BCUT2D eigenvalue weighted by molar-refractivity contribution is 0.0886. The van der Waals surface area contributed by atoms with Crippen molar-refractivity contribution in [3.8, 4) is 0 Å². The van der Waals surface area contributed by atoms with Crippen molar-refractivity contribution >= 4 is 5.78 Å². The Morgan fingerprint density at radius 3 is 2.45 bits per heavy atom. The van der Waals surface area contributed by atoms with Gasteiger partial charge >= 0.3 is 0 Å². The Balaban J connectivity index is 1.97. The van der Waals surface area contributed by atoms with E-state index in [0.29, 0.717) is 18.5 Å². The normalized spacial score (nSPS) is 16.2. The molecule has 0 unspecified atom stereocenters. The Bertz CT molecular complexity index is 407. The van der Waals surface area contributed by atoms with Gasteiger partial charge in [0.05, 0.1) is 6.54 Å². The van der Waals surface area contributed by atoms with E-state index in [4.69, 9.17) is 0 Å². The Morgan fingerprint density at radius 2 is 1.85 bits per heavy atom. The lowest BCUT2D eigenvalue weighted by Crippen LogP contribution is -2.38. The molecule has 0 heterocycles. The van der Waals surface area contributed by atoms with Crippen molar-refractivity contribution in [2.45, 2.75) is 52.0 Å². The lowest BCUT2D eigenvalue weighted by atomic mass is 10.1. The number of carbonyl (C=O) groups is 1. The maximum absolute atomic E-state index is 12.4. The first-order chi connectivity index (χ1) is 9.66. The first-order valence-electron chi connectivity index (χ1n) is 7.99. The van der Waals surface area contributed by atoms with Gasteiger partial charge in [0.15, 0.2) is 5.78 Å². The summed E-state index contributed by atoms with van der Waals surface area (Å²) in [5.41, 5.74) is 0.847. The number of carbonyl (C=O) groups excluding carboxylic acids is 1. The van der Waals surface area contributed by atoms with Gasteiger partial charge in [0.1, 0.15) is 0 Å². The van der Waals surface area contributed by atoms with E-state index in [2.05, 4.69) is 18.7 Å². The molecule has 2 rings (SSSR count). The first-order valence-corrected chi connectivity index (χ1v) is 7.99. The molecule has 1 aliphatic carbocycles. The molecule has 0 spiro atoms. The summed E-state index contributed by atoms with van der Waals surface area (Å²) >= 11 is 0. The molecule has 1 fully saturated rings. The van der Waals surface area contributed by atoms with Crippen molar-refractivity contribution in [3.05, 3.63) is 35.9 Å². The third-order valence-electron chi connectivity index (χ3n) is 4.28. The van der Waals surface area contributed by atoms with Gasteiger partial charge in [-0.3, -0.25) is 9.69 Å². The predicted molar refractivity (Wildman–Crippen MR) is 84.1 cm³/mol. The quantitative estimate of drug-likeness (QED) is 0.695. The summed E-state index contributed by atoms with van der Waals surface area (Å²) in [4.78, 5) is 14.8. The SMILES string of the molecule is CC(C)CCN(CC(=O)c1ccccc1)C1CCCC1. The molecular formula is C18H27NO. The second kappa shape index (κ2) is 7.58. The monoisotopic (exact) mass is 273 g/mol. The molecule has 1 aliphatic rings. The van der Waals surface area contributed by atoms with Gasteiger partial charge in [0.25, 0.3) is 0 Å². The van der Waals surface area contributed by atoms with Crippen molar-refractivity contribution < 1.29 is 4.79 Å². The van der Waals surface area contributed by atoms with Crippen LogP contribution in [0.4, 0.5) is 0 Å². The van der Waals surface area contributed by atoms with E-state index in [9.17, 15) is 4.79 Å². The summed E-state index contributed by atoms with van der Waals surface area (Å²) in [6, 6.07) is 10.3. The van der Waals surface area contributed by atoms with Gasteiger partial charge in [-0.2, -0.15) is 0 Å². The second-order valence-electron chi connectivity index (χ2n) is 6.38. The fourth-order valence-electron chi connectivity index (χ4n) is 2.98. The first kappa shape index (κ1) is 15.2. The Kier molecular flexibility index (Phi) is 5.78. The van der Waals surface area contributed by atoms with Crippen molar-refractivity contribution in [3.63, 3.8) is 0 Å². The van der Waals surface area contributed by atoms with Crippen LogP contribution in [0.1, 0.15) is 56.3 Å². The molecule has 2 nitrogen and oxygen atoms in total. The molecule has 1 aromatic rings. The molecule has 2 heteroatoms. The fourth-order valence-corrected chi connectivity index (χ4v) is 2.98. The molecule has 110 valence electrons. The van der Waals surface area contributed by atoms with Gasteiger partial charge in [0, 0.05) is 11.6 Å². The molecule has 0 saturated heterocycles. The van der Waals surface area contributed by atoms with Crippen molar-refractivity contribution in [2.24, 2.45) is 5.92 Å². The Hall–Kier alpha value is -1.15. The molecule has 0 bridgehead atoms. The van der Waals surface area contributed by atoms with E-state index in [1.165, 1.54) is 32.1 Å². The molecule has 20 heavy (non-hydrogen) atoms. The van der Waals surface area contributed by atoms with E-state index in [1.54, 1.807) is 0 Å². The number of hydrogen-bond donors (Lipinski definition) is 0. The smallest absolute Gasteiger partial charge is 0.176 e. The maximum Gasteiger partial charge on any atom is 0.176 e. The molecule has 0 amide bonds. The number of benzene rings is 1. The Morgan fingerprint density at radius 1 is 1.20 bits per heavy atom. The minimum absolute atomic E-state index is 0.265. The molecule has 1 saturated carbocycles. The summed E-state index contributed by atoms with van der Waals surface area (Å²) in [5, 5.41) is 0. The van der Waals surface area contributed by atoms with Crippen LogP contribution in [0.25, 0.3) is 0 Å². The van der Waals surface area contributed by atoms with Gasteiger partial charge in [-0.25, -0.2) is 0 Å². The maximum atomic E-state index is 12.4. The van der Waals surface area contributed by atoms with Crippen molar-refractivity contribution in [2.75, 3.05) is 13.1 Å². The molecule has 0 aliphatic heterocycles. The van der Waals surface area contributed by atoms with Crippen molar-refractivity contribution in [1.29, 1.82) is 0 Å². The summed E-state index contributed by atoms with van der Waals surface area (Å²) < 4.78 is 0. The number of rotatable bonds is 7. The van der Waals surface area contributed by atoms with E-state index in [-0.39, 0.29) is 5.78 Å². The minimum Gasteiger partial charge on any atom is -0.293 e. The summed E-state index contributed by atoms with van der Waals surface area (Å²) in [5.74, 6) is 0.965. The van der Waals surface area contributed by atoms with Crippen LogP contribution in [0.5, 0.6) is 0 Å². The van der Waals surface area contributed by atoms with Crippen LogP contribution in [0.15, 0.2) is 30.3 Å². The van der Waals surface area contributed by atoms with E-state index < -0.39 is 0 Å². The van der Waals surface area contributed by atoms with E-state index in [1.807, 2.05) is 30.3 Å². The van der Waals surface area contributed by atoms with Crippen molar-refractivity contribution in [1.82, 2.24) is 4.90 Å². The average molecular weight is 273 g/mol. The van der Waals surface area contributed by atoms with Gasteiger partial charge in [-0.1, -0.05) is 57.0 Å². The average Bonchev–Trinajstić information content (AvgIpc) is 2.98. The van der Waals surface area contributed by atoms with Gasteiger partial charge < -0.3 is 0 Å². The molecule has 0 radical (unpaired) electrons. The van der Waals surface area contributed by atoms with Crippen LogP contribution in [0.2, 0.25) is 0 Å². The van der Waals surface area contributed by atoms with E-state index >= 15 is 0 Å². The summed E-state index contributed by atoms with van der Waals surface area (Å²) in [6.45, 7) is 6.15.